The molecule has 0 amide bonds. The third kappa shape index (κ3) is 4.70. The van der Waals surface area contributed by atoms with E-state index in [9.17, 15) is 0 Å². The molecule has 14 heavy (non-hydrogen) atoms. The molecule has 1 fully saturated rings. The Hall–Kier alpha value is 1.72. The van der Waals surface area contributed by atoms with Crippen LogP contribution in [0.15, 0.2) is 0 Å². The standard InChI is InChI=1S/C10H20N.2BrH.Sn/c1-3-9-6-4-5-7-10(9)8(2)11;;;/h8-10H,1,3-7,11H2,2H3;2*1H;/q;;;+2/p-2. The van der Waals surface area contributed by atoms with Crippen molar-refractivity contribution < 1.29 is 0 Å². The van der Waals surface area contributed by atoms with Crippen LogP contribution >= 0.6 is 25.4 Å². The second-order valence-electron chi connectivity index (χ2n) is 4.44. The van der Waals surface area contributed by atoms with Crippen molar-refractivity contribution in [1.29, 1.82) is 0 Å². The zero-order valence-corrected chi connectivity index (χ0v) is 14.8. The van der Waals surface area contributed by atoms with Crippen LogP contribution in [0.5, 0.6) is 0 Å². The summed E-state index contributed by atoms with van der Waals surface area (Å²) >= 11 is 6.27. The van der Waals surface area contributed by atoms with Gasteiger partial charge in [0.05, 0.1) is 0 Å². The van der Waals surface area contributed by atoms with Crippen molar-refractivity contribution in [3.05, 3.63) is 0 Å². The molecule has 0 aromatic heterocycles. The summed E-state index contributed by atoms with van der Waals surface area (Å²) in [6.07, 6.45) is 7.01. The first-order valence-corrected chi connectivity index (χ1v) is 20.3. The van der Waals surface area contributed by atoms with Gasteiger partial charge in [0.2, 0.25) is 0 Å². The first-order chi connectivity index (χ1) is 6.61. The molecule has 1 radical (unpaired) electrons. The quantitative estimate of drug-likeness (QED) is 0.672. The van der Waals surface area contributed by atoms with E-state index in [2.05, 4.69) is 32.3 Å². The maximum atomic E-state index is 6.06. The van der Waals surface area contributed by atoms with Crippen LogP contribution in [-0.4, -0.2) is 21.4 Å². The fourth-order valence-electron chi connectivity index (χ4n) is 2.58. The zero-order chi connectivity index (χ0) is 10.6. The van der Waals surface area contributed by atoms with Gasteiger partial charge in [-0.3, -0.25) is 0 Å². The van der Waals surface area contributed by atoms with Crippen LogP contribution in [0.2, 0.25) is 4.44 Å². The molecule has 1 nitrogen and oxygen atoms in total. The Morgan fingerprint density at radius 3 is 2.57 bits per heavy atom. The molecule has 3 atom stereocenters. The molecule has 0 aromatic rings. The molecular weight excluding hydrogens is 413 g/mol. The van der Waals surface area contributed by atoms with Crippen molar-refractivity contribution in [2.45, 2.75) is 49.5 Å². The van der Waals surface area contributed by atoms with Crippen molar-refractivity contribution in [2.75, 3.05) is 0 Å². The van der Waals surface area contributed by atoms with Crippen molar-refractivity contribution in [2.24, 2.45) is 17.6 Å². The Labute approximate surface area is 107 Å². The van der Waals surface area contributed by atoms with Gasteiger partial charge in [-0.15, -0.1) is 0 Å². The fraction of sp³-hybridized carbons (Fsp3) is 1.00. The summed E-state index contributed by atoms with van der Waals surface area (Å²) in [5.41, 5.74) is 6.06. The molecule has 1 saturated carbocycles. The number of hydrogen-bond donors (Lipinski definition) is 1. The molecule has 3 unspecified atom stereocenters. The predicted octanol–water partition coefficient (Wildman–Crippen LogP) is 3.81. The Kier molecular flexibility index (Phi) is 7.01. The van der Waals surface area contributed by atoms with Crippen LogP contribution in [-0.2, 0) is 0 Å². The van der Waals surface area contributed by atoms with E-state index in [0.29, 0.717) is 6.04 Å². The normalized spacial score (nSPS) is 30.6. The van der Waals surface area contributed by atoms with Crippen molar-refractivity contribution in [3.8, 4) is 0 Å². The van der Waals surface area contributed by atoms with Crippen LogP contribution in [0.1, 0.15) is 39.0 Å². The second kappa shape index (κ2) is 7.12. The van der Waals surface area contributed by atoms with Gasteiger partial charge in [-0.25, -0.2) is 0 Å². The first kappa shape index (κ1) is 13.8. The molecule has 83 valence electrons. The molecule has 0 spiro atoms. The zero-order valence-electron chi connectivity index (χ0n) is 8.81. The Morgan fingerprint density at radius 1 is 1.36 bits per heavy atom. The summed E-state index contributed by atoms with van der Waals surface area (Å²) in [7, 11) is 0. The van der Waals surface area contributed by atoms with Gasteiger partial charge in [-0.05, 0) is 0 Å². The van der Waals surface area contributed by atoms with Crippen LogP contribution in [0.3, 0.4) is 0 Å². The third-order valence-corrected chi connectivity index (χ3v) is 10.6. The molecule has 4 heteroatoms. The molecular formula is C10H20Br2NSn. The number of nitrogens with two attached hydrogens (primary N) is 1. The van der Waals surface area contributed by atoms with Crippen molar-refractivity contribution >= 4 is 40.7 Å². The van der Waals surface area contributed by atoms with E-state index in [0.717, 1.165) is 11.8 Å². The Balaban J connectivity index is 2.38. The minimum absolute atomic E-state index is 0.401. The summed E-state index contributed by atoms with van der Waals surface area (Å²) in [5, 5.41) is 0. The van der Waals surface area contributed by atoms with Crippen LogP contribution < -0.4 is 5.73 Å². The van der Waals surface area contributed by atoms with Gasteiger partial charge in [0, 0.05) is 0 Å². The second-order valence-corrected chi connectivity index (χ2v) is 27.8. The predicted molar refractivity (Wildman–Crippen MR) is 72.1 cm³/mol. The van der Waals surface area contributed by atoms with Gasteiger partial charge in [-0.1, -0.05) is 0 Å². The maximum absolute atomic E-state index is 6.06. The van der Waals surface area contributed by atoms with E-state index >= 15 is 0 Å². The molecule has 0 aromatic carbocycles. The average molecular weight is 433 g/mol. The van der Waals surface area contributed by atoms with E-state index in [1.807, 2.05) is 0 Å². The molecule has 0 saturated heterocycles. The summed E-state index contributed by atoms with van der Waals surface area (Å²) < 4.78 is 1.41. The summed E-state index contributed by atoms with van der Waals surface area (Å²) in [5.74, 6) is 1.71. The van der Waals surface area contributed by atoms with E-state index in [-0.39, 0.29) is 0 Å². The third-order valence-electron chi connectivity index (χ3n) is 3.35. The number of halogens is 2. The van der Waals surface area contributed by atoms with E-state index in [1.165, 1.54) is 36.5 Å². The number of rotatable bonds is 4. The molecule has 2 N–H and O–H groups in total. The van der Waals surface area contributed by atoms with Gasteiger partial charge in [0.1, 0.15) is 0 Å². The molecule has 1 aliphatic carbocycles. The summed E-state index contributed by atoms with van der Waals surface area (Å²) in [4.78, 5) is 0. The SMILES string of the molecule is CC(N)C1CCCCC1C[CH2][Sn]([Br])[Br]. The number of hydrogen-bond acceptors (Lipinski definition) is 1. The Morgan fingerprint density at radius 2 is 2.00 bits per heavy atom. The molecule has 1 rings (SSSR count). The van der Waals surface area contributed by atoms with Crippen LogP contribution in [0, 0.1) is 11.8 Å². The fourth-order valence-corrected chi connectivity index (χ4v) is 7.33. The molecule has 0 heterocycles. The van der Waals surface area contributed by atoms with Crippen LogP contribution in [0.4, 0.5) is 0 Å². The molecule has 0 bridgehead atoms. The van der Waals surface area contributed by atoms with Gasteiger partial charge >= 0.3 is 108 Å². The Bertz CT molecular complexity index is 164. The summed E-state index contributed by atoms with van der Waals surface area (Å²) in [6.45, 7) is 2.19. The molecule has 0 aliphatic heterocycles. The van der Waals surface area contributed by atoms with E-state index < -0.39 is 15.3 Å². The average Bonchev–Trinajstić information content (AvgIpc) is 2.15. The van der Waals surface area contributed by atoms with Gasteiger partial charge in [0.15, 0.2) is 0 Å². The minimum atomic E-state index is -1.21. The van der Waals surface area contributed by atoms with Gasteiger partial charge < -0.3 is 0 Å². The monoisotopic (exact) mass is 432 g/mol. The van der Waals surface area contributed by atoms with Crippen molar-refractivity contribution in [3.63, 3.8) is 0 Å². The van der Waals surface area contributed by atoms with Gasteiger partial charge in [-0.2, -0.15) is 0 Å². The van der Waals surface area contributed by atoms with Crippen LogP contribution in [0.25, 0.3) is 0 Å². The van der Waals surface area contributed by atoms with E-state index in [1.54, 1.807) is 0 Å². The first-order valence-electron chi connectivity index (χ1n) is 5.53. The topological polar surface area (TPSA) is 26.0 Å². The van der Waals surface area contributed by atoms with Crippen molar-refractivity contribution in [1.82, 2.24) is 0 Å². The van der Waals surface area contributed by atoms with E-state index in [4.69, 9.17) is 5.73 Å². The molecule has 1 aliphatic rings. The summed E-state index contributed by atoms with van der Waals surface area (Å²) in [6, 6.07) is 0.401. The van der Waals surface area contributed by atoms with Gasteiger partial charge in [0.25, 0.3) is 0 Å².